The Morgan fingerprint density at radius 1 is 0.963 bits per heavy atom. The SMILES string of the molecule is O=C(CNC(=O)c1cccs1)Nc1ccc(-c2nc3ccccc3s2)cc1. The van der Waals surface area contributed by atoms with Gasteiger partial charge in [0.25, 0.3) is 5.91 Å². The van der Waals surface area contributed by atoms with Gasteiger partial charge in [-0.3, -0.25) is 9.59 Å². The fourth-order valence-electron chi connectivity index (χ4n) is 2.55. The third-order valence-corrected chi connectivity index (χ3v) is 5.82. The van der Waals surface area contributed by atoms with Crippen LogP contribution in [0.15, 0.2) is 66.0 Å². The molecule has 4 aromatic rings. The van der Waals surface area contributed by atoms with Crippen LogP contribution in [0.5, 0.6) is 0 Å². The van der Waals surface area contributed by atoms with E-state index >= 15 is 0 Å². The number of nitrogens with one attached hydrogen (secondary N) is 2. The maximum absolute atomic E-state index is 12.0. The summed E-state index contributed by atoms with van der Waals surface area (Å²) in [4.78, 5) is 29.1. The first-order valence-electron chi connectivity index (χ1n) is 8.26. The number of amides is 2. The van der Waals surface area contributed by atoms with Gasteiger partial charge in [-0.25, -0.2) is 4.98 Å². The van der Waals surface area contributed by atoms with Gasteiger partial charge in [0.1, 0.15) is 5.01 Å². The van der Waals surface area contributed by atoms with E-state index in [0.29, 0.717) is 10.6 Å². The second kappa shape index (κ2) is 7.69. The molecule has 0 aliphatic heterocycles. The predicted molar refractivity (Wildman–Crippen MR) is 110 cm³/mol. The summed E-state index contributed by atoms with van der Waals surface area (Å²) in [6.45, 7) is -0.0731. The van der Waals surface area contributed by atoms with Crippen LogP contribution in [0.4, 0.5) is 5.69 Å². The number of thiophene rings is 1. The fraction of sp³-hybridized carbons (Fsp3) is 0.0500. The van der Waals surface area contributed by atoms with Crippen LogP contribution in [0.3, 0.4) is 0 Å². The monoisotopic (exact) mass is 393 g/mol. The van der Waals surface area contributed by atoms with E-state index in [0.717, 1.165) is 20.8 Å². The van der Waals surface area contributed by atoms with Gasteiger partial charge < -0.3 is 10.6 Å². The average Bonchev–Trinajstić information content (AvgIpc) is 3.36. The minimum atomic E-state index is -0.271. The lowest BCUT2D eigenvalue weighted by molar-refractivity contribution is -0.115. The number of hydrogen-bond donors (Lipinski definition) is 2. The van der Waals surface area contributed by atoms with E-state index < -0.39 is 0 Å². The zero-order valence-electron chi connectivity index (χ0n) is 14.1. The third-order valence-electron chi connectivity index (χ3n) is 3.86. The number of aromatic nitrogens is 1. The van der Waals surface area contributed by atoms with Crippen molar-refractivity contribution in [1.82, 2.24) is 10.3 Å². The van der Waals surface area contributed by atoms with Crippen LogP contribution in [0.25, 0.3) is 20.8 Å². The molecule has 27 heavy (non-hydrogen) atoms. The Labute approximate surface area is 163 Å². The first kappa shape index (κ1) is 17.4. The molecular weight excluding hydrogens is 378 g/mol. The van der Waals surface area contributed by atoms with Gasteiger partial charge in [-0.2, -0.15) is 0 Å². The van der Waals surface area contributed by atoms with Crippen LogP contribution in [0.2, 0.25) is 0 Å². The molecule has 7 heteroatoms. The number of anilines is 1. The van der Waals surface area contributed by atoms with Crippen LogP contribution in [0.1, 0.15) is 9.67 Å². The molecule has 0 fully saturated rings. The molecule has 2 heterocycles. The Bertz CT molecular complexity index is 1050. The first-order valence-corrected chi connectivity index (χ1v) is 9.96. The number of fused-ring (bicyclic) bond motifs is 1. The number of para-hydroxylation sites is 1. The lowest BCUT2D eigenvalue weighted by atomic mass is 10.2. The standard InChI is InChI=1S/C20H15N3O2S2/c24-18(12-21-19(25)17-6-3-11-26-17)22-14-9-7-13(8-10-14)20-23-15-4-1-2-5-16(15)27-20/h1-11H,12H2,(H,21,25)(H,22,24). The largest absolute Gasteiger partial charge is 0.342 e. The van der Waals surface area contributed by atoms with Crippen molar-refractivity contribution in [2.45, 2.75) is 0 Å². The van der Waals surface area contributed by atoms with Gasteiger partial charge in [-0.15, -0.1) is 22.7 Å². The number of nitrogens with zero attached hydrogens (tertiary/aromatic N) is 1. The summed E-state index contributed by atoms with van der Waals surface area (Å²) >= 11 is 2.97. The Morgan fingerprint density at radius 3 is 2.52 bits per heavy atom. The van der Waals surface area contributed by atoms with Crippen LogP contribution in [-0.4, -0.2) is 23.3 Å². The van der Waals surface area contributed by atoms with Gasteiger partial charge in [-0.05, 0) is 47.8 Å². The summed E-state index contributed by atoms with van der Waals surface area (Å²) in [5, 5.41) is 8.15. The van der Waals surface area contributed by atoms with E-state index in [-0.39, 0.29) is 18.4 Å². The van der Waals surface area contributed by atoms with Crippen molar-refractivity contribution in [2.75, 3.05) is 11.9 Å². The Kier molecular flexibility index (Phi) is 4.95. The Morgan fingerprint density at radius 2 is 1.78 bits per heavy atom. The fourth-order valence-corrected chi connectivity index (χ4v) is 4.16. The van der Waals surface area contributed by atoms with Crippen molar-refractivity contribution in [2.24, 2.45) is 0 Å². The van der Waals surface area contributed by atoms with Crippen molar-refractivity contribution < 1.29 is 9.59 Å². The van der Waals surface area contributed by atoms with Crippen LogP contribution < -0.4 is 10.6 Å². The maximum atomic E-state index is 12.0. The van der Waals surface area contributed by atoms with Gasteiger partial charge in [-0.1, -0.05) is 18.2 Å². The number of carbonyl (C=O) groups is 2. The molecule has 0 aliphatic carbocycles. The molecule has 0 bridgehead atoms. The molecule has 0 unspecified atom stereocenters. The topological polar surface area (TPSA) is 71.1 Å². The molecule has 2 aromatic heterocycles. The van der Waals surface area contributed by atoms with E-state index in [4.69, 9.17) is 0 Å². The second-order valence-electron chi connectivity index (χ2n) is 5.77. The van der Waals surface area contributed by atoms with E-state index in [1.807, 2.05) is 47.8 Å². The lowest BCUT2D eigenvalue weighted by Gasteiger charge is -2.07. The number of benzene rings is 2. The highest BCUT2D eigenvalue weighted by molar-refractivity contribution is 7.21. The maximum Gasteiger partial charge on any atom is 0.261 e. The number of rotatable bonds is 5. The molecule has 0 spiro atoms. The van der Waals surface area contributed by atoms with Crippen LogP contribution in [-0.2, 0) is 4.79 Å². The van der Waals surface area contributed by atoms with E-state index in [2.05, 4.69) is 21.7 Å². The van der Waals surface area contributed by atoms with Crippen molar-refractivity contribution in [3.8, 4) is 10.6 Å². The molecule has 0 saturated heterocycles. The predicted octanol–water partition coefficient (Wildman–Crippen LogP) is 4.39. The molecule has 0 radical (unpaired) electrons. The van der Waals surface area contributed by atoms with Gasteiger partial charge in [0, 0.05) is 11.3 Å². The second-order valence-corrected chi connectivity index (χ2v) is 7.75. The molecule has 0 aliphatic rings. The zero-order valence-corrected chi connectivity index (χ0v) is 15.8. The van der Waals surface area contributed by atoms with Crippen molar-refractivity contribution >= 4 is 50.4 Å². The summed E-state index contributed by atoms with van der Waals surface area (Å²) in [7, 11) is 0. The molecule has 0 atom stereocenters. The molecule has 0 saturated carbocycles. The average molecular weight is 393 g/mol. The molecule has 2 aromatic carbocycles. The number of thiazole rings is 1. The van der Waals surface area contributed by atoms with Crippen molar-refractivity contribution in [1.29, 1.82) is 0 Å². The van der Waals surface area contributed by atoms with E-state index in [9.17, 15) is 9.59 Å². The van der Waals surface area contributed by atoms with Gasteiger partial charge in [0.05, 0.1) is 21.6 Å². The zero-order chi connectivity index (χ0) is 18.6. The van der Waals surface area contributed by atoms with Gasteiger partial charge in [0.2, 0.25) is 5.91 Å². The first-order chi connectivity index (χ1) is 13.2. The summed E-state index contributed by atoms with van der Waals surface area (Å²) < 4.78 is 1.14. The van der Waals surface area contributed by atoms with Crippen molar-refractivity contribution in [3.05, 3.63) is 70.9 Å². The highest BCUT2D eigenvalue weighted by Crippen LogP contribution is 2.30. The minimum Gasteiger partial charge on any atom is -0.342 e. The highest BCUT2D eigenvalue weighted by atomic mass is 32.1. The van der Waals surface area contributed by atoms with Gasteiger partial charge >= 0.3 is 0 Å². The summed E-state index contributed by atoms with van der Waals surface area (Å²) in [6, 6.07) is 19.1. The normalized spacial score (nSPS) is 10.7. The molecule has 5 nitrogen and oxygen atoms in total. The minimum absolute atomic E-state index is 0.0731. The van der Waals surface area contributed by atoms with Crippen LogP contribution in [0, 0.1) is 0 Å². The molecule has 2 N–H and O–H groups in total. The summed E-state index contributed by atoms with van der Waals surface area (Å²) in [5.41, 5.74) is 2.66. The summed E-state index contributed by atoms with van der Waals surface area (Å²) in [5.74, 6) is -0.515. The molecule has 134 valence electrons. The van der Waals surface area contributed by atoms with Gasteiger partial charge in [0.15, 0.2) is 0 Å². The Hall–Kier alpha value is -3.03. The Balaban J connectivity index is 1.37. The number of carbonyl (C=O) groups excluding carboxylic acids is 2. The molecular formula is C20H15N3O2S2. The van der Waals surface area contributed by atoms with E-state index in [1.165, 1.54) is 11.3 Å². The lowest BCUT2D eigenvalue weighted by Crippen LogP contribution is -2.32. The van der Waals surface area contributed by atoms with Crippen LogP contribution >= 0.6 is 22.7 Å². The smallest absolute Gasteiger partial charge is 0.261 e. The highest BCUT2D eigenvalue weighted by Gasteiger charge is 2.10. The number of hydrogen-bond acceptors (Lipinski definition) is 5. The molecule has 2 amide bonds. The quantitative estimate of drug-likeness (QED) is 0.528. The van der Waals surface area contributed by atoms with Crippen molar-refractivity contribution in [3.63, 3.8) is 0 Å². The molecule has 4 rings (SSSR count). The van der Waals surface area contributed by atoms with E-state index in [1.54, 1.807) is 23.5 Å². The third kappa shape index (κ3) is 4.05. The summed E-state index contributed by atoms with van der Waals surface area (Å²) in [6.07, 6.45) is 0.